The van der Waals surface area contributed by atoms with Crippen molar-refractivity contribution in [2.75, 3.05) is 4.90 Å². The standard InChI is InChI=1S/C27H19F2N3O3/c28-27(29)35-23-10-2-1-5-20(23)15-30-31-25(33)19-13-11-17(12-14-19)16-32-22-9-4-7-18-6-3-8-21(24(18)22)26(32)34/h1-15,27H,16H2,(H,31,33). The van der Waals surface area contributed by atoms with E-state index in [1.807, 2.05) is 36.4 Å². The number of carbonyl (C=O) groups excluding carboxylic acids is 2. The molecular weight excluding hydrogens is 452 g/mol. The predicted molar refractivity (Wildman–Crippen MR) is 129 cm³/mol. The highest BCUT2D eigenvalue weighted by atomic mass is 19.3. The summed E-state index contributed by atoms with van der Waals surface area (Å²) in [7, 11) is 0. The summed E-state index contributed by atoms with van der Waals surface area (Å²) in [5, 5.41) is 5.82. The molecule has 5 rings (SSSR count). The van der Waals surface area contributed by atoms with Crippen LogP contribution in [0.25, 0.3) is 10.8 Å². The van der Waals surface area contributed by atoms with Crippen LogP contribution in [0.3, 0.4) is 0 Å². The molecule has 0 saturated heterocycles. The molecule has 0 saturated carbocycles. The third kappa shape index (κ3) is 4.46. The fraction of sp³-hybridized carbons (Fsp3) is 0.0741. The van der Waals surface area contributed by atoms with Crippen molar-refractivity contribution in [2.45, 2.75) is 13.2 Å². The van der Waals surface area contributed by atoms with E-state index in [1.54, 1.807) is 47.4 Å². The zero-order valence-corrected chi connectivity index (χ0v) is 18.3. The maximum Gasteiger partial charge on any atom is 0.387 e. The van der Waals surface area contributed by atoms with Crippen molar-refractivity contribution >= 4 is 34.5 Å². The lowest BCUT2D eigenvalue weighted by Gasteiger charge is -2.18. The molecule has 35 heavy (non-hydrogen) atoms. The molecule has 0 spiro atoms. The minimum Gasteiger partial charge on any atom is -0.434 e. The number of hydrogen-bond acceptors (Lipinski definition) is 4. The minimum absolute atomic E-state index is 0.0424. The largest absolute Gasteiger partial charge is 0.434 e. The van der Waals surface area contributed by atoms with Crippen LogP contribution in [0.2, 0.25) is 0 Å². The second-order valence-electron chi connectivity index (χ2n) is 7.88. The van der Waals surface area contributed by atoms with Crippen LogP contribution in [-0.4, -0.2) is 24.6 Å². The summed E-state index contributed by atoms with van der Waals surface area (Å²) in [5.41, 5.74) is 5.46. The van der Waals surface area contributed by atoms with Gasteiger partial charge < -0.3 is 9.64 Å². The molecule has 0 bridgehead atoms. The Hall–Kier alpha value is -4.59. The average Bonchev–Trinajstić information content (AvgIpc) is 3.13. The number of nitrogens with one attached hydrogen (secondary N) is 1. The number of rotatable bonds is 7. The van der Waals surface area contributed by atoms with E-state index in [4.69, 9.17) is 0 Å². The first-order valence-corrected chi connectivity index (χ1v) is 10.8. The van der Waals surface area contributed by atoms with Gasteiger partial charge in [0.1, 0.15) is 5.75 Å². The molecule has 4 aromatic carbocycles. The smallest absolute Gasteiger partial charge is 0.387 e. The Balaban J connectivity index is 1.26. The highest BCUT2D eigenvalue weighted by molar-refractivity contribution is 6.24. The lowest BCUT2D eigenvalue weighted by molar-refractivity contribution is -0.0499. The molecule has 4 aromatic rings. The Bertz CT molecular complexity index is 1450. The molecule has 1 N–H and O–H groups in total. The molecule has 174 valence electrons. The number of hydrazone groups is 1. The van der Waals surface area contributed by atoms with E-state index in [1.165, 1.54) is 12.3 Å². The highest BCUT2D eigenvalue weighted by Gasteiger charge is 2.29. The summed E-state index contributed by atoms with van der Waals surface area (Å²) in [4.78, 5) is 27.1. The molecular formula is C27H19F2N3O3. The van der Waals surface area contributed by atoms with Crippen LogP contribution in [-0.2, 0) is 6.54 Å². The van der Waals surface area contributed by atoms with Gasteiger partial charge >= 0.3 is 6.61 Å². The van der Waals surface area contributed by atoms with Crippen molar-refractivity contribution in [3.63, 3.8) is 0 Å². The number of para-hydroxylation sites is 1. The van der Waals surface area contributed by atoms with Gasteiger partial charge in [-0.2, -0.15) is 13.9 Å². The van der Waals surface area contributed by atoms with Crippen molar-refractivity contribution in [1.82, 2.24) is 5.43 Å². The maximum atomic E-state index is 13.0. The topological polar surface area (TPSA) is 71.0 Å². The van der Waals surface area contributed by atoms with E-state index in [9.17, 15) is 18.4 Å². The first kappa shape index (κ1) is 22.2. The second kappa shape index (κ2) is 9.34. The van der Waals surface area contributed by atoms with E-state index >= 15 is 0 Å². The molecule has 6 nitrogen and oxygen atoms in total. The lowest BCUT2D eigenvalue weighted by atomic mass is 10.1. The van der Waals surface area contributed by atoms with Crippen molar-refractivity contribution < 1.29 is 23.1 Å². The summed E-state index contributed by atoms with van der Waals surface area (Å²) in [5.74, 6) is -0.558. The molecule has 8 heteroatoms. The number of hydrogen-bond donors (Lipinski definition) is 1. The minimum atomic E-state index is -2.96. The fourth-order valence-electron chi connectivity index (χ4n) is 4.10. The summed E-state index contributed by atoms with van der Waals surface area (Å²) in [6, 6.07) is 24.5. The zero-order chi connectivity index (χ0) is 24.4. The summed E-state index contributed by atoms with van der Waals surface area (Å²) >= 11 is 0. The van der Waals surface area contributed by atoms with E-state index in [0.29, 0.717) is 23.2 Å². The van der Waals surface area contributed by atoms with Gasteiger partial charge in [0.25, 0.3) is 11.8 Å². The van der Waals surface area contributed by atoms with Gasteiger partial charge in [0.05, 0.1) is 18.4 Å². The second-order valence-corrected chi connectivity index (χ2v) is 7.88. The Morgan fingerprint density at radius 2 is 1.71 bits per heavy atom. The number of benzene rings is 4. The lowest BCUT2D eigenvalue weighted by Crippen LogP contribution is -2.26. The molecule has 1 aliphatic rings. The maximum absolute atomic E-state index is 13.0. The summed E-state index contributed by atoms with van der Waals surface area (Å²) in [6.07, 6.45) is 1.24. The van der Waals surface area contributed by atoms with Gasteiger partial charge in [-0.05, 0) is 47.3 Å². The van der Waals surface area contributed by atoms with Gasteiger partial charge in [-0.1, -0.05) is 48.5 Å². The van der Waals surface area contributed by atoms with Gasteiger partial charge in [-0.3, -0.25) is 9.59 Å². The number of halogens is 2. The molecule has 1 heterocycles. The number of ether oxygens (including phenoxy) is 1. The first-order chi connectivity index (χ1) is 17.0. The Morgan fingerprint density at radius 3 is 2.49 bits per heavy atom. The molecule has 0 atom stereocenters. The average molecular weight is 471 g/mol. The van der Waals surface area contributed by atoms with Crippen LogP contribution < -0.4 is 15.1 Å². The van der Waals surface area contributed by atoms with Crippen LogP contribution in [0.1, 0.15) is 31.8 Å². The van der Waals surface area contributed by atoms with E-state index in [2.05, 4.69) is 15.3 Å². The predicted octanol–water partition coefficient (Wildman–Crippen LogP) is 5.37. The Kier molecular flexibility index (Phi) is 5.93. The van der Waals surface area contributed by atoms with Crippen LogP contribution >= 0.6 is 0 Å². The normalized spacial score (nSPS) is 12.7. The van der Waals surface area contributed by atoms with Crippen LogP contribution in [0.15, 0.2) is 90.0 Å². The van der Waals surface area contributed by atoms with E-state index < -0.39 is 12.5 Å². The van der Waals surface area contributed by atoms with E-state index in [-0.39, 0.29) is 11.7 Å². The Labute approximate surface area is 199 Å². The fourth-order valence-corrected chi connectivity index (χ4v) is 4.10. The van der Waals surface area contributed by atoms with Gasteiger partial charge in [0.2, 0.25) is 0 Å². The molecule has 0 aliphatic carbocycles. The SMILES string of the molecule is O=C(NN=Cc1ccccc1OC(F)F)c1ccc(CN2C(=O)c3cccc4cccc2c34)cc1. The number of carbonyl (C=O) groups is 2. The van der Waals surface area contributed by atoms with Crippen molar-refractivity contribution in [1.29, 1.82) is 0 Å². The Morgan fingerprint density at radius 1 is 0.971 bits per heavy atom. The zero-order valence-electron chi connectivity index (χ0n) is 18.3. The quantitative estimate of drug-likeness (QED) is 0.291. The van der Waals surface area contributed by atoms with Crippen molar-refractivity contribution in [3.05, 3.63) is 107 Å². The van der Waals surface area contributed by atoms with Gasteiger partial charge in [0, 0.05) is 22.1 Å². The molecule has 0 unspecified atom stereocenters. The summed E-state index contributed by atoms with van der Waals surface area (Å²) < 4.78 is 29.5. The number of alkyl halides is 2. The number of nitrogens with zero attached hydrogens (tertiary/aromatic N) is 2. The van der Waals surface area contributed by atoms with Crippen LogP contribution in [0, 0.1) is 0 Å². The van der Waals surface area contributed by atoms with Crippen molar-refractivity contribution in [2.24, 2.45) is 5.10 Å². The highest BCUT2D eigenvalue weighted by Crippen LogP contribution is 2.37. The van der Waals surface area contributed by atoms with Gasteiger partial charge in [-0.15, -0.1) is 0 Å². The third-order valence-corrected chi connectivity index (χ3v) is 5.71. The number of anilines is 1. The first-order valence-electron chi connectivity index (χ1n) is 10.8. The molecule has 0 fully saturated rings. The third-order valence-electron chi connectivity index (χ3n) is 5.71. The molecule has 0 radical (unpaired) electrons. The molecule has 0 aromatic heterocycles. The monoisotopic (exact) mass is 471 g/mol. The van der Waals surface area contributed by atoms with Crippen LogP contribution in [0.5, 0.6) is 5.75 Å². The number of amides is 2. The van der Waals surface area contributed by atoms with Gasteiger partial charge in [-0.25, -0.2) is 5.43 Å². The van der Waals surface area contributed by atoms with E-state index in [0.717, 1.165) is 22.0 Å². The summed E-state index contributed by atoms with van der Waals surface area (Å²) in [6.45, 7) is -2.59. The van der Waals surface area contributed by atoms with Gasteiger partial charge in [0.15, 0.2) is 0 Å². The van der Waals surface area contributed by atoms with Crippen LogP contribution in [0.4, 0.5) is 14.5 Å². The van der Waals surface area contributed by atoms with Crippen molar-refractivity contribution in [3.8, 4) is 5.75 Å². The molecule has 1 aliphatic heterocycles. The molecule has 2 amide bonds.